The Balaban J connectivity index is 1.73. The Morgan fingerprint density at radius 3 is 2.67 bits per heavy atom. The summed E-state index contributed by atoms with van der Waals surface area (Å²) >= 11 is 5.73. The zero-order valence-electron chi connectivity index (χ0n) is 13.9. The van der Waals surface area contributed by atoms with Crippen LogP contribution in [-0.4, -0.2) is 21.0 Å². The molecule has 3 heterocycles. The molecule has 0 aromatic carbocycles. The molecule has 1 N–H and O–H groups in total. The molecule has 24 heavy (non-hydrogen) atoms. The van der Waals surface area contributed by atoms with Crippen molar-refractivity contribution in [3.05, 3.63) is 53.7 Å². The monoisotopic (exact) mass is 341 g/mol. The molecule has 1 aliphatic carbocycles. The molecule has 0 amide bonds. The number of pyridine rings is 1. The number of thiocarbonyl (C=S) groups is 1. The molecule has 4 nitrogen and oxygen atoms in total. The van der Waals surface area contributed by atoms with Crippen molar-refractivity contribution in [2.75, 3.05) is 0 Å². The molecule has 2 aromatic heterocycles. The molecule has 4 rings (SSSR count). The van der Waals surface area contributed by atoms with Gasteiger partial charge in [0.25, 0.3) is 0 Å². The number of hydrogen-bond acceptors (Lipinski definition) is 3. The summed E-state index contributed by atoms with van der Waals surface area (Å²) in [4.78, 5) is 6.95. The number of aryl methyl sites for hydroxylation is 1. The highest BCUT2D eigenvalue weighted by atomic mass is 32.1. The van der Waals surface area contributed by atoms with Crippen LogP contribution in [-0.2, 0) is 0 Å². The van der Waals surface area contributed by atoms with Gasteiger partial charge in [-0.2, -0.15) is 0 Å². The quantitative estimate of drug-likeness (QED) is 0.844. The van der Waals surface area contributed by atoms with Gasteiger partial charge in [0.1, 0.15) is 17.6 Å². The minimum absolute atomic E-state index is 0.0335. The summed E-state index contributed by atoms with van der Waals surface area (Å²) in [5.41, 5.74) is 1.01. The van der Waals surface area contributed by atoms with Crippen molar-refractivity contribution in [1.82, 2.24) is 15.2 Å². The lowest BCUT2D eigenvalue weighted by molar-refractivity contribution is 0.177. The molecule has 2 aromatic rings. The van der Waals surface area contributed by atoms with Gasteiger partial charge in [0.2, 0.25) is 0 Å². The zero-order valence-corrected chi connectivity index (χ0v) is 14.8. The van der Waals surface area contributed by atoms with Gasteiger partial charge >= 0.3 is 0 Å². The Kier molecular flexibility index (Phi) is 4.27. The van der Waals surface area contributed by atoms with Crippen LogP contribution in [0.25, 0.3) is 0 Å². The van der Waals surface area contributed by atoms with Crippen LogP contribution in [0.4, 0.5) is 0 Å². The van der Waals surface area contributed by atoms with Crippen LogP contribution >= 0.6 is 12.2 Å². The average molecular weight is 341 g/mol. The number of aromatic nitrogens is 1. The first-order valence-corrected chi connectivity index (χ1v) is 9.21. The van der Waals surface area contributed by atoms with Crippen molar-refractivity contribution in [2.45, 2.75) is 57.2 Å². The standard InChI is InChI=1S/C19H23N3OS/c1-13-10-11-16(23-13)18-17(15-9-5-6-12-20-15)21-19(24)22(18)14-7-3-2-4-8-14/h5-6,9-12,14,17-18H,2-4,7-8H2,1H3,(H,21,24)/t17-,18+/m1/s1. The van der Waals surface area contributed by atoms with Crippen LogP contribution in [0.1, 0.15) is 61.4 Å². The lowest BCUT2D eigenvalue weighted by Gasteiger charge is -2.36. The Bertz CT molecular complexity index is 708. The third kappa shape index (κ3) is 2.81. The first kappa shape index (κ1) is 15.6. The molecule has 2 fully saturated rings. The highest BCUT2D eigenvalue weighted by Gasteiger charge is 2.44. The molecule has 2 aliphatic rings. The van der Waals surface area contributed by atoms with E-state index in [1.54, 1.807) is 0 Å². The lowest BCUT2D eigenvalue weighted by Crippen LogP contribution is -2.40. The molecular formula is C19H23N3OS. The van der Waals surface area contributed by atoms with E-state index in [1.807, 2.05) is 31.3 Å². The Morgan fingerprint density at radius 1 is 1.17 bits per heavy atom. The van der Waals surface area contributed by atoms with Gasteiger partial charge in [0, 0.05) is 12.2 Å². The van der Waals surface area contributed by atoms with Gasteiger partial charge in [-0.1, -0.05) is 25.3 Å². The van der Waals surface area contributed by atoms with Crippen molar-refractivity contribution in [2.24, 2.45) is 0 Å². The van der Waals surface area contributed by atoms with Crippen molar-refractivity contribution in [1.29, 1.82) is 0 Å². The van der Waals surface area contributed by atoms with E-state index in [1.165, 1.54) is 32.1 Å². The normalized spacial score (nSPS) is 25.0. The van der Waals surface area contributed by atoms with E-state index in [0.717, 1.165) is 22.3 Å². The second kappa shape index (κ2) is 6.55. The second-order valence-electron chi connectivity index (χ2n) is 6.77. The van der Waals surface area contributed by atoms with Gasteiger partial charge in [0.15, 0.2) is 5.11 Å². The van der Waals surface area contributed by atoms with E-state index in [9.17, 15) is 0 Å². The largest absolute Gasteiger partial charge is 0.464 e. The predicted octanol–water partition coefficient (Wildman–Crippen LogP) is 4.29. The molecule has 1 saturated heterocycles. The molecule has 0 bridgehead atoms. The number of furan rings is 1. The van der Waals surface area contributed by atoms with Crippen LogP contribution in [0, 0.1) is 6.92 Å². The van der Waals surface area contributed by atoms with Crippen molar-refractivity contribution in [3.63, 3.8) is 0 Å². The smallest absolute Gasteiger partial charge is 0.170 e. The van der Waals surface area contributed by atoms with E-state index < -0.39 is 0 Å². The highest BCUT2D eigenvalue weighted by molar-refractivity contribution is 7.80. The van der Waals surface area contributed by atoms with Crippen LogP contribution in [0.5, 0.6) is 0 Å². The fraction of sp³-hybridized carbons (Fsp3) is 0.474. The predicted molar refractivity (Wildman–Crippen MR) is 97.6 cm³/mol. The molecular weight excluding hydrogens is 318 g/mol. The van der Waals surface area contributed by atoms with Crippen LogP contribution in [0.2, 0.25) is 0 Å². The van der Waals surface area contributed by atoms with Crippen molar-refractivity contribution < 1.29 is 4.42 Å². The minimum atomic E-state index is 0.0335. The van der Waals surface area contributed by atoms with E-state index in [2.05, 4.69) is 27.3 Å². The molecule has 1 aliphatic heterocycles. The second-order valence-corrected chi connectivity index (χ2v) is 7.16. The number of rotatable bonds is 3. The third-order valence-corrected chi connectivity index (χ3v) is 5.48. The molecule has 0 radical (unpaired) electrons. The SMILES string of the molecule is Cc1ccc([C@H]2[C@@H](c3ccccn3)NC(=S)N2C2CCCCC2)o1. The van der Waals surface area contributed by atoms with E-state index in [0.29, 0.717) is 6.04 Å². The van der Waals surface area contributed by atoms with Gasteiger partial charge in [0.05, 0.1) is 11.7 Å². The fourth-order valence-electron chi connectivity index (χ4n) is 4.03. The maximum atomic E-state index is 6.02. The van der Waals surface area contributed by atoms with Crippen LogP contribution < -0.4 is 5.32 Å². The summed E-state index contributed by atoms with van der Waals surface area (Å²) in [5.74, 6) is 1.91. The molecule has 0 spiro atoms. The van der Waals surface area contributed by atoms with Crippen molar-refractivity contribution >= 4 is 17.3 Å². The first-order valence-electron chi connectivity index (χ1n) is 8.80. The Labute approximate surface area is 148 Å². The van der Waals surface area contributed by atoms with E-state index >= 15 is 0 Å². The Morgan fingerprint density at radius 2 is 2.00 bits per heavy atom. The minimum Gasteiger partial charge on any atom is -0.464 e. The topological polar surface area (TPSA) is 41.3 Å². The summed E-state index contributed by atoms with van der Waals surface area (Å²) in [7, 11) is 0. The van der Waals surface area contributed by atoms with Crippen LogP contribution in [0.15, 0.2) is 40.9 Å². The third-order valence-electron chi connectivity index (χ3n) is 5.16. The molecule has 2 atom stereocenters. The average Bonchev–Trinajstić information content (AvgIpc) is 3.19. The maximum Gasteiger partial charge on any atom is 0.170 e. The van der Waals surface area contributed by atoms with Gasteiger partial charge < -0.3 is 14.6 Å². The summed E-state index contributed by atoms with van der Waals surface area (Å²) in [5, 5.41) is 4.34. The summed E-state index contributed by atoms with van der Waals surface area (Å²) in [6.45, 7) is 1.99. The van der Waals surface area contributed by atoms with Crippen LogP contribution in [0.3, 0.4) is 0 Å². The summed E-state index contributed by atoms with van der Waals surface area (Å²) in [6.07, 6.45) is 8.14. The number of nitrogens with one attached hydrogen (secondary N) is 1. The van der Waals surface area contributed by atoms with Crippen molar-refractivity contribution in [3.8, 4) is 0 Å². The zero-order chi connectivity index (χ0) is 16.5. The number of nitrogens with zero attached hydrogens (tertiary/aromatic N) is 2. The Hall–Kier alpha value is -1.88. The van der Waals surface area contributed by atoms with E-state index in [-0.39, 0.29) is 12.1 Å². The maximum absolute atomic E-state index is 6.02. The fourth-order valence-corrected chi connectivity index (χ4v) is 4.42. The first-order chi connectivity index (χ1) is 11.7. The lowest BCUT2D eigenvalue weighted by atomic mass is 9.92. The van der Waals surface area contributed by atoms with Gasteiger partial charge in [-0.05, 0) is 56.2 Å². The molecule has 126 valence electrons. The highest BCUT2D eigenvalue weighted by Crippen LogP contribution is 2.42. The summed E-state index contributed by atoms with van der Waals surface area (Å²) in [6, 6.07) is 10.8. The van der Waals surface area contributed by atoms with Gasteiger partial charge in [-0.3, -0.25) is 4.98 Å². The summed E-state index contributed by atoms with van der Waals surface area (Å²) < 4.78 is 6.02. The van der Waals surface area contributed by atoms with E-state index in [4.69, 9.17) is 16.6 Å². The molecule has 5 heteroatoms. The molecule has 1 saturated carbocycles. The number of hydrogen-bond donors (Lipinski definition) is 1. The van der Waals surface area contributed by atoms with Gasteiger partial charge in [-0.25, -0.2) is 0 Å². The molecule has 0 unspecified atom stereocenters. The van der Waals surface area contributed by atoms with Gasteiger partial charge in [-0.15, -0.1) is 0 Å².